The molecule has 226 valence electrons. The fraction of sp³-hybridized carbons (Fsp3) is 0.424. The Morgan fingerprint density at radius 3 is 2.53 bits per heavy atom. The van der Waals surface area contributed by atoms with E-state index in [1.165, 1.54) is 11.9 Å². The van der Waals surface area contributed by atoms with Gasteiger partial charge in [-0.25, -0.2) is 9.37 Å². The zero-order valence-electron chi connectivity index (χ0n) is 25.2. The molecular formula is C33H40FN7O2. The molecule has 1 amide bonds. The Bertz CT molecular complexity index is 1490. The molecule has 1 saturated heterocycles. The Labute approximate surface area is 252 Å². The van der Waals surface area contributed by atoms with Crippen LogP contribution in [0, 0.1) is 30.5 Å². The van der Waals surface area contributed by atoms with E-state index in [0.29, 0.717) is 5.95 Å². The Hall–Kier alpha value is -4.18. The van der Waals surface area contributed by atoms with Gasteiger partial charge in [0, 0.05) is 43.6 Å². The van der Waals surface area contributed by atoms with E-state index in [2.05, 4.69) is 74.0 Å². The van der Waals surface area contributed by atoms with Gasteiger partial charge in [-0.05, 0) is 80.6 Å². The molecule has 10 heteroatoms. The molecule has 43 heavy (non-hydrogen) atoms. The molecule has 1 saturated carbocycles. The Morgan fingerprint density at radius 2 is 1.81 bits per heavy atom. The van der Waals surface area contributed by atoms with Crippen molar-refractivity contribution >= 4 is 29.0 Å². The van der Waals surface area contributed by atoms with Gasteiger partial charge in [-0.2, -0.15) is 4.98 Å². The number of hydrogen-bond acceptors (Lipinski definition) is 8. The number of anilines is 4. The van der Waals surface area contributed by atoms with Crippen LogP contribution in [0.4, 0.5) is 27.5 Å². The van der Waals surface area contributed by atoms with Gasteiger partial charge in [0.05, 0.1) is 25.3 Å². The largest absolute Gasteiger partial charge is 0.497 e. The molecule has 5 atom stereocenters. The van der Waals surface area contributed by atoms with Crippen molar-refractivity contribution in [1.82, 2.24) is 20.2 Å². The number of hydrogen-bond donors (Lipinski definition) is 3. The number of aryl methyl sites for hydroxylation is 1. The minimum absolute atomic E-state index is 0.0543. The SMILES string of the molecule is COc1ccc([C@@H](C)NC(=O)[C@@H]2[C@H](Nc3nc(Nc4ccc(N5CCN(C)CC5)c(C)c4)ncc3F)[C@@H]3C=C[C@H]2C3)cc1. The summed E-state index contributed by atoms with van der Waals surface area (Å²) >= 11 is 0. The summed E-state index contributed by atoms with van der Waals surface area (Å²) in [6.07, 6.45) is 6.26. The second-order valence-electron chi connectivity index (χ2n) is 12.0. The van der Waals surface area contributed by atoms with Gasteiger partial charge in [-0.15, -0.1) is 0 Å². The van der Waals surface area contributed by atoms with Crippen LogP contribution in [0.15, 0.2) is 60.8 Å². The minimum atomic E-state index is -0.551. The van der Waals surface area contributed by atoms with E-state index in [-0.39, 0.29) is 41.6 Å². The van der Waals surface area contributed by atoms with Crippen molar-refractivity contribution in [2.45, 2.75) is 32.4 Å². The first-order valence-electron chi connectivity index (χ1n) is 15.0. The van der Waals surface area contributed by atoms with Crippen LogP contribution in [0.2, 0.25) is 0 Å². The number of piperazine rings is 1. The molecule has 0 radical (unpaired) electrons. The molecule has 1 aromatic heterocycles. The number of benzene rings is 2. The monoisotopic (exact) mass is 585 g/mol. The quantitative estimate of drug-likeness (QED) is 0.305. The van der Waals surface area contributed by atoms with Gasteiger partial charge >= 0.3 is 0 Å². The first-order chi connectivity index (χ1) is 20.8. The van der Waals surface area contributed by atoms with Crippen molar-refractivity contribution in [3.63, 3.8) is 0 Å². The maximum Gasteiger partial charge on any atom is 0.229 e. The maximum absolute atomic E-state index is 15.0. The van der Waals surface area contributed by atoms with Crippen LogP contribution >= 0.6 is 0 Å². The van der Waals surface area contributed by atoms with E-state index in [1.807, 2.05) is 37.3 Å². The normalized spacial score (nSPS) is 23.7. The molecule has 3 N–H and O–H groups in total. The number of rotatable bonds is 9. The highest BCUT2D eigenvalue weighted by Gasteiger charge is 2.48. The Kier molecular flexibility index (Phi) is 8.21. The zero-order valence-corrected chi connectivity index (χ0v) is 25.2. The average molecular weight is 586 g/mol. The third-order valence-corrected chi connectivity index (χ3v) is 9.08. The first kappa shape index (κ1) is 28.9. The summed E-state index contributed by atoms with van der Waals surface area (Å²) in [4.78, 5) is 27.0. The van der Waals surface area contributed by atoms with E-state index in [0.717, 1.165) is 55.2 Å². The maximum atomic E-state index is 15.0. The topological polar surface area (TPSA) is 94.6 Å². The number of halogens is 1. The van der Waals surface area contributed by atoms with Gasteiger partial charge in [0.2, 0.25) is 11.9 Å². The van der Waals surface area contributed by atoms with Crippen molar-refractivity contribution < 1.29 is 13.9 Å². The van der Waals surface area contributed by atoms with Gasteiger partial charge in [0.1, 0.15) is 5.75 Å². The molecule has 2 aliphatic carbocycles. The average Bonchev–Trinajstić information content (AvgIpc) is 3.62. The van der Waals surface area contributed by atoms with E-state index in [1.54, 1.807) is 7.11 Å². The lowest BCUT2D eigenvalue weighted by molar-refractivity contribution is -0.126. The molecule has 0 unspecified atom stereocenters. The number of allylic oxidation sites excluding steroid dienone is 1. The minimum Gasteiger partial charge on any atom is -0.497 e. The summed E-state index contributed by atoms with van der Waals surface area (Å²) in [7, 11) is 3.78. The Morgan fingerprint density at radius 1 is 1.07 bits per heavy atom. The molecule has 0 spiro atoms. The standard InChI is InChI=1S/C33H40FN7O2/c1-20-17-25(9-12-28(20)41-15-13-40(3)14-16-41)37-33-35-19-27(34)31(39-33)38-30-24-6-5-23(18-24)29(30)32(42)36-21(2)22-7-10-26(43-4)11-8-22/h5-12,17,19,21,23-24,29-30H,13-16,18H2,1-4H3,(H,36,42)(H2,35,37,38,39)/t21-,23+,24-,29+,30-/m1/s1. The summed E-state index contributed by atoms with van der Waals surface area (Å²) in [6, 6.07) is 13.4. The van der Waals surface area contributed by atoms with Crippen LogP contribution in [0.5, 0.6) is 5.75 Å². The van der Waals surface area contributed by atoms with E-state index >= 15 is 4.39 Å². The molecular weight excluding hydrogens is 545 g/mol. The van der Waals surface area contributed by atoms with Crippen molar-refractivity contribution in [1.29, 1.82) is 0 Å². The third-order valence-electron chi connectivity index (χ3n) is 9.08. The number of nitrogens with zero attached hydrogens (tertiary/aromatic N) is 4. The highest BCUT2D eigenvalue weighted by atomic mass is 19.1. The third kappa shape index (κ3) is 6.15. The molecule has 3 aliphatic rings. The first-order valence-corrected chi connectivity index (χ1v) is 15.0. The lowest BCUT2D eigenvalue weighted by Crippen LogP contribution is -2.44. The van der Waals surface area contributed by atoms with Crippen LogP contribution in [-0.4, -0.2) is 67.2 Å². The zero-order chi connectivity index (χ0) is 30.1. The molecule has 2 heterocycles. The molecule has 3 aromatic rings. The van der Waals surface area contributed by atoms with Crippen LogP contribution in [0.1, 0.15) is 30.5 Å². The predicted octanol–water partition coefficient (Wildman–Crippen LogP) is 4.91. The summed E-state index contributed by atoms with van der Waals surface area (Å²) < 4.78 is 20.3. The molecule has 2 aromatic carbocycles. The van der Waals surface area contributed by atoms with Crippen LogP contribution in [-0.2, 0) is 4.79 Å². The van der Waals surface area contributed by atoms with Crippen molar-refractivity contribution in [2.24, 2.45) is 17.8 Å². The smallest absolute Gasteiger partial charge is 0.229 e. The van der Waals surface area contributed by atoms with Crippen molar-refractivity contribution in [3.8, 4) is 5.75 Å². The summed E-state index contributed by atoms with van der Waals surface area (Å²) in [5.41, 5.74) is 4.19. The van der Waals surface area contributed by atoms with E-state index < -0.39 is 5.82 Å². The fourth-order valence-corrected chi connectivity index (χ4v) is 6.61. The summed E-state index contributed by atoms with van der Waals surface area (Å²) in [5.74, 6) is 0.418. The Balaban J connectivity index is 1.14. The van der Waals surface area contributed by atoms with Crippen molar-refractivity contribution in [3.05, 3.63) is 77.8 Å². The molecule has 2 bridgehead atoms. The number of fused-ring (bicyclic) bond motifs is 2. The van der Waals surface area contributed by atoms with E-state index in [4.69, 9.17) is 4.74 Å². The summed E-state index contributed by atoms with van der Waals surface area (Å²) in [5, 5.41) is 9.70. The van der Waals surface area contributed by atoms with Crippen molar-refractivity contribution in [2.75, 3.05) is 55.9 Å². The van der Waals surface area contributed by atoms with Crippen LogP contribution in [0.25, 0.3) is 0 Å². The van der Waals surface area contributed by atoms with Gasteiger partial charge < -0.3 is 30.5 Å². The molecule has 6 rings (SSSR count). The highest BCUT2D eigenvalue weighted by Crippen LogP contribution is 2.45. The number of aromatic nitrogens is 2. The number of likely N-dealkylation sites (N-methyl/N-ethyl adjacent to an activating group) is 1. The lowest BCUT2D eigenvalue weighted by Gasteiger charge is -2.35. The van der Waals surface area contributed by atoms with Crippen LogP contribution < -0.4 is 25.6 Å². The second kappa shape index (κ2) is 12.2. The summed E-state index contributed by atoms with van der Waals surface area (Å²) in [6.45, 7) is 8.14. The van der Waals surface area contributed by atoms with E-state index in [9.17, 15) is 4.79 Å². The fourth-order valence-electron chi connectivity index (χ4n) is 6.61. The second-order valence-corrected chi connectivity index (χ2v) is 12.0. The lowest BCUT2D eigenvalue weighted by atomic mass is 9.87. The number of ether oxygens (including phenoxy) is 1. The number of carbonyl (C=O) groups is 1. The number of nitrogens with one attached hydrogen (secondary N) is 3. The van der Waals surface area contributed by atoms with Crippen LogP contribution in [0.3, 0.4) is 0 Å². The van der Waals surface area contributed by atoms with Gasteiger partial charge in [0.25, 0.3) is 0 Å². The highest BCUT2D eigenvalue weighted by molar-refractivity contribution is 5.82. The number of methoxy groups -OCH3 is 1. The number of amides is 1. The van der Waals surface area contributed by atoms with Gasteiger partial charge in [-0.3, -0.25) is 4.79 Å². The molecule has 1 aliphatic heterocycles. The predicted molar refractivity (Wildman–Crippen MR) is 167 cm³/mol. The number of carbonyl (C=O) groups excluding carboxylic acids is 1. The molecule has 9 nitrogen and oxygen atoms in total. The molecule has 2 fully saturated rings. The van der Waals surface area contributed by atoms with Gasteiger partial charge in [0.15, 0.2) is 11.6 Å². The van der Waals surface area contributed by atoms with Gasteiger partial charge in [-0.1, -0.05) is 24.3 Å².